The van der Waals surface area contributed by atoms with Crippen LogP contribution in [0, 0.1) is 0 Å². The largest absolute Gasteiger partial charge is 0.290 e. The van der Waals surface area contributed by atoms with E-state index < -0.39 is 0 Å². The van der Waals surface area contributed by atoms with Gasteiger partial charge in [0.05, 0.1) is 22.1 Å². The van der Waals surface area contributed by atoms with Crippen LogP contribution in [0.25, 0.3) is 27.5 Å². The van der Waals surface area contributed by atoms with Gasteiger partial charge in [-0.2, -0.15) is 0 Å². The molecular formula is C16H9Cl2N3O. The summed E-state index contributed by atoms with van der Waals surface area (Å²) in [5.41, 5.74) is 2.04. The summed E-state index contributed by atoms with van der Waals surface area (Å²) in [6.45, 7) is 0. The Labute approximate surface area is 134 Å². The maximum atomic E-state index is 12.6. The zero-order chi connectivity index (χ0) is 15.3. The average molecular weight is 330 g/mol. The van der Waals surface area contributed by atoms with Crippen LogP contribution in [0.1, 0.15) is 0 Å². The molecule has 108 valence electrons. The highest BCUT2D eigenvalue weighted by Gasteiger charge is 2.12. The SMILES string of the molecule is O=c1c2cnc3cc(Cl)ccc3c2[nH]n1-c1ccc(Cl)cc1. The number of halogens is 2. The van der Waals surface area contributed by atoms with Crippen molar-refractivity contribution in [3.05, 3.63) is 69.1 Å². The molecule has 2 aromatic carbocycles. The topological polar surface area (TPSA) is 50.7 Å². The van der Waals surface area contributed by atoms with Crippen LogP contribution in [0.2, 0.25) is 10.0 Å². The molecule has 0 bridgehead atoms. The molecule has 0 radical (unpaired) electrons. The van der Waals surface area contributed by atoms with Gasteiger partial charge in [0.2, 0.25) is 0 Å². The fraction of sp³-hybridized carbons (Fsp3) is 0. The van der Waals surface area contributed by atoms with E-state index in [1.807, 2.05) is 6.07 Å². The molecule has 4 nitrogen and oxygen atoms in total. The Morgan fingerprint density at radius 3 is 2.45 bits per heavy atom. The molecular weight excluding hydrogens is 321 g/mol. The number of aromatic amines is 1. The average Bonchev–Trinajstić information content (AvgIpc) is 2.85. The third-order valence-electron chi connectivity index (χ3n) is 3.57. The number of rotatable bonds is 1. The lowest BCUT2D eigenvalue weighted by molar-refractivity contribution is 0.865. The molecule has 2 heterocycles. The zero-order valence-electron chi connectivity index (χ0n) is 11.2. The summed E-state index contributed by atoms with van der Waals surface area (Å²) in [5.74, 6) is 0. The number of nitrogens with one attached hydrogen (secondary N) is 1. The van der Waals surface area contributed by atoms with Crippen molar-refractivity contribution in [3.63, 3.8) is 0 Å². The number of nitrogens with zero attached hydrogens (tertiary/aromatic N) is 2. The van der Waals surface area contributed by atoms with Gasteiger partial charge >= 0.3 is 0 Å². The Bertz CT molecular complexity index is 1060. The van der Waals surface area contributed by atoms with Gasteiger partial charge in [0.15, 0.2) is 0 Å². The van der Waals surface area contributed by atoms with Gasteiger partial charge in [-0.1, -0.05) is 23.2 Å². The highest BCUT2D eigenvalue weighted by molar-refractivity contribution is 6.31. The molecule has 1 N–H and O–H groups in total. The second-order valence-corrected chi connectivity index (χ2v) is 5.81. The predicted octanol–water partition coefficient (Wildman–Crippen LogP) is 4.17. The second-order valence-electron chi connectivity index (χ2n) is 4.94. The smallest absolute Gasteiger partial charge is 0.280 e. The standard InChI is InChI=1S/C16H9Cl2N3O/c17-9-1-4-11(5-2-9)21-16(22)13-8-19-14-7-10(18)3-6-12(14)15(13)20-21/h1-8,20H. The van der Waals surface area contributed by atoms with Crippen LogP contribution < -0.4 is 5.56 Å². The molecule has 0 aliphatic carbocycles. The van der Waals surface area contributed by atoms with Gasteiger partial charge in [-0.15, -0.1) is 0 Å². The molecule has 0 unspecified atom stereocenters. The van der Waals surface area contributed by atoms with Gasteiger partial charge in [0, 0.05) is 21.6 Å². The van der Waals surface area contributed by atoms with Gasteiger partial charge in [-0.25, -0.2) is 4.68 Å². The van der Waals surface area contributed by atoms with E-state index in [-0.39, 0.29) is 5.56 Å². The summed E-state index contributed by atoms with van der Waals surface area (Å²) in [5, 5.41) is 5.76. The number of fused-ring (bicyclic) bond motifs is 3. The summed E-state index contributed by atoms with van der Waals surface area (Å²) >= 11 is 11.9. The molecule has 4 rings (SSSR count). The Balaban J connectivity index is 2.06. The lowest BCUT2D eigenvalue weighted by Crippen LogP contribution is -2.13. The van der Waals surface area contributed by atoms with Crippen molar-refractivity contribution < 1.29 is 0 Å². The molecule has 0 saturated heterocycles. The van der Waals surface area contributed by atoms with Crippen LogP contribution in [0.4, 0.5) is 0 Å². The van der Waals surface area contributed by atoms with E-state index in [4.69, 9.17) is 23.2 Å². The molecule has 0 aliphatic heterocycles. The van der Waals surface area contributed by atoms with Crippen LogP contribution in [-0.4, -0.2) is 14.8 Å². The van der Waals surface area contributed by atoms with Crippen molar-refractivity contribution in [1.29, 1.82) is 0 Å². The van der Waals surface area contributed by atoms with Crippen LogP contribution in [0.5, 0.6) is 0 Å². The van der Waals surface area contributed by atoms with Crippen LogP contribution >= 0.6 is 23.2 Å². The van der Waals surface area contributed by atoms with Gasteiger partial charge in [-0.3, -0.25) is 14.9 Å². The highest BCUT2D eigenvalue weighted by atomic mass is 35.5. The molecule has 22 heavy (non-hydrogen) atoms. The Hall–Kier alpha value is -2.30. The van der Waals surface area contributed by atoms with E-state index in [0.29, 0.717) is 21.1 Å². The predicted molar refractivity (Wildman–Crippen MR) is 89.2 cm³/mol. The molecule has 0 fully saturated rings. The third kappa shape index (κ3) is 2.00. The number of pyridine rings is 1. The Morgan fingerprint density at radius 2 is 1.68 bits per heavy atom. The zero-order valence-corrected chi connectivity index (χ0v) is 12.7. The molecule has 6 heteroatoms. The first-order chi connectivity index (χ1) is 10.6. The summed E-state index contributed by atoms with van der Waals surface area (Å²) in [6, 6.07) is 12.5. The molecule has 2 aromatic heterocycles. The van der Waals surface area contributed by atoms with Crippen LogP contribution in [-0.2, 0) is 0 Å². The van der Waals surface area contributed by atoms with E-state index in [1.54, 1.807) is 42.6 Å². The molecule has 0 spiro atoms. The minimum Gasteiger partial charge on any atom is -0.290 e. The molecule has 0 saturated carbocycles. The van der Waals surface area contributed by atoms with Crippen molar-refractivity contribution in [2.24, 2.45) is 0 Å². The van der Waals surface area contributed by atoms with Crippen molar-refractivity contribution in [2.45, 2.75) is 0 Å². The lowest BCUT2D eigenvalue weighted by Gasteiger charge is -2.01. The van der Waals surface area contributed by atoms with Gasteiger partial charge in [0.25, 0.3) is 5.56 Å². The Morgan fingerprint density at radius 1 is 0.955 bits per heavy atom. The fourth-order valence-corrected chi connectivity index (χ4v) is 2.80. The maximum absolute atomic E-state index is 12.6. The number of hydrogen-bond acceptors (Lipinski definition) is 2. The van der Waals surface area contributed by atoms with Crippen molar-refractivity contribution in [3.8, 4) is 5.69 Å². The van der Waals surface area contributed by atoms with Crippen molar-refractivity contribution >= 4 is 45.0 Å². The highest BCUT2D eigenvalue weighted by Crippen LogP contribution is 2.23. The van der Waals surface area contributed by atoms with Gasteiger partial charge < -0.3 is 0 Å². The van der Waals surface area contributed by atoms with Crippen molar-refractivity contribution in [1.82, 2.24) is 14.8 Å². The summed E-state index contributed by atoms with van der Waals surface area (Å²) < 4.78 is 1.48. The molecule has 0 aliphatic rings. The van der Waals surface area contributed by atoms with E-state index in [0.717, 1.165) is 16.4 Å². The summed E-state index contributed by atoms with van der Waals surface area (Å²) in [7, 11) is 0. The first-order valence-electron chi connectivity index (χ1n) is 6.58. The Kier molecular flexibility index (Phi) is 2.96. The number of hydrogen-bond donors (Lipinski definition) is 1. The lowest BCUT2D eigenvalue weighted by atomic mass is 10.2. The fourth-order valence-electron chi connectivity index (χ4n) is 2.50. The number of benzene rings is 2. The second kappa shape index (κ2) is 4.87. The van der Waals surface area contributed by atoms with E-state index in [1.165, 1.54) is 4.68 Å². The van der Waals surface area contributed by atoms with E-state index >= 15 is 0 Å². The minimum atomic E-state index is -0.151. The maximum Gasteiger partial charge on any atom is 0.280 e. The first-order valence-corrected chi connectivity index (χ1v) is 7.34. The third-order valence-corrected chi connectivity index (χ3v) is 4.06. The van der Waals surface area contributed by atoms with E-state index in [9.17, 15) is 4.79 Å². The molecule has 4 aromatic rings. The quantitative estimate of drug-likeness (QED) is 0.569. The minimum absolute atomic E-state index is 0.151. The van der Waals surface area contributed by atoms with Crippen molar-refractivity contribution in [2.75, 3.05) is 0 Å². The van der Waals surface area contributed by atoms with E-state index in [2.05, 4.69) is 10.1 Å². The van der Waals surface area contributed by atoms with Gasteiger partial charge in [0.1, 0.15) is 0 Å². The molecule has 0 amide bonds. The van der Waals surface area contributed by atoms with Crippen LogP contribution in [0.15, 0.2) is 53.5 Å². The number of H-pyrrole nitrogens is 1. The monoisotopic (exact) mass is 329 g/mol. The molecule has 0 atom stereocenters. The van der Waals surface area contributed by atoms with Crippen LogP contribution in [0.3, 0.4) is 0 Å². The van der Waals surface area contributed by atoms with Gasteiger partial charge in [-0.05, 0) is 42.5 Å². The normalized spacial score (nSPS) is 11.4. The number of aromatic nitrogens is 3. The first kappa shape index (κ1) is 13.4. The summed E-state index contributed by atoms with van der Waals surface area (Å²) in [4.78, 5) is 16.9. The summed E-state index contributed by atoms with van der Waals surface area (Å²) in [6.07, 6.45) is 1.57.